The number of thiocarbonyl (C=S) groups is 1. The van der Waals surface area contributed by atoms with Gasteiger partial charge in [0.15, 0.2) is 0 Å². The molecule has 0 saturated carbocycles. The van der Waals surface area contributed by atoms with Crippen LogP contribution in [0.25, 0.3) is 5.69 Å². The maximum Gasteiger partial charge on any atom is 0.347 e. The fourth-order valence-corrected chi connectivity index (χ4v) is 1.50. The zero-order valence-electron chi connectivity index (χ0n) is 7.98. The van der Waals surface area contributed by atoms with Gasteiger partial charge in [-0.25, -0.2) is 18.9 Å². The quantitative estimate of drug-likeness (QED) is 0.739. The Labute approximate surface area is 94.7 Å². The van der Waals surface area contributed by atoms with Crippen LogP contribution in [0.3, 0.4) is 0 Å². The van der Waals surface area contributed by atoms with E-state index in [4.69, 9.17) is 18.0 Å². The minimum atomic E-state index is -0.469. The molecule has 0 fully saturated rings. The fourth-order valence-electron chi connectivity index (χ4n) is 1.34. The average molecular weight is 238 g/mol. The Morgan fingerprint density at radius 3 is 2.88 bits per heavy atom. The summed E-state index contributed by atoms with van der Waals surface area (Å²) < 4.78 is 14.2. The predicted molar refractivity (Wildman–Crippen MR) is 60.0 cm³/mol. The highest BCUT2D eigenvalue weighted by atomic mass is 32.1. The van der Waals surface area contributed by atoms with Gasteiger partial charge >= 0.3 is 5.69 Å². The molecule has 1 aromatic heterocycles. The molecule has 82 valence electrons. The minimum absolute atomic E-state index is 0.0163. The van der Waals surface area contributed by atoms with Crippen LogP contribution >= 0.6 is 12.2 Å². The number of H-pyrrole nitrogens is 1. The summed E-state index contributed by atoms with van der Waals surface area (Å²) in [5, 5.41) is 5.80. The normalized spacial score (nSPS) is 10.3. The first kappa shape index (κ1) is 10.5. The Morgan fingerprint density at radius 1 is 1.56 bits per heavy atom. The Hall–Kier alpha value is -2.02. The van der Waals surface area contributed by atoms with Crippen LogP contribution in [0.15, 0.2) is 29.3 Å². The number of halogens is 1. The second-order valence-electron chi connectivity index (χ2n) is 3.06. The topological polar surface area (TPSA) is 76.7 Å². The molecule has 0 saturated heterocycles. The average Bonchev–Trinajstić information content (AvgIpc) is 2.64. The van der Waals surface area contributed by atoms with Gasteiger partial charge in [-0.15, -0.1) is 0 Å². The lowest BCUT2D eigenvalue weighted by molar-refractivity contribution is 0.627. The highest BCUT2D eigenvalue weighted by Gasteiger charge is 2.10. The SMILES string of the molecule is NC(=S)c1cc(F)ccc1-n1cn[nH]c1=O. The van der Waals surface area contributed by atoms with Crippen LogP contribution in [0.5, 0.6) is 0 Å². The van der Waals surface area contributed by atoms with E-state index >= 15 is 0 Å². The third-order valence-corrected chi connectivity index (χ3v) is 2.26. The lowest BCUT2D eigenvalue weighted by Crippen LogP contribution is -2.20. The van der Waals surface area contributed by atoms with Crippen LogP contribution in [-0.4, -0.2) is 19.8 Å². The van der Waals surface area contributed by atoms with Crippen molar-refractivity contribution in [3.8, 4) is 5.69 Å². The van der Waals surface area contributed by atoms with E-state index in [1.165, 1.54) is 29.1 Å². The van der Waals surface area contributed by atoms with E-state index < -0.39 is 11.5 Å². The number of nitrogens with two attached hydrogens (primary N) is 1. The van der Waals surface area contributed by atoms with Crippen molar-refractivity contribution in [2.75, 3.05) is 0 Å². The number of nitrogens with zero attached hydrogens (tertiary/aromatic N) is 2. The molecule has 0 aliphatic rings. The van der Waals surface area contributed by atoms with E-state index in [1.54, 1.807) is 0 Å². The molecule has 0 aliphatic carbocycles. The van der Waals surface area contributed by atoms with Crippen molar-refractivity contribution in [2.45, 2.75) is 0 Å². The van der Waals surface area contributed by atoms with E-state index in [0.717, 1.165) is 0 Å². The lowest BCUT2D eigenvalue weighted by Gasteiger charge is -2.07. The molecular formula is C9H7FN4OS. The number of nitrogens with one attached hydrogen (secondary N) is 1. The van der Waals surface area contributed by atoms with Crippen molar-refractivity contribution in [3.63, 3.8) is 0 Å². The second kappa shape index (κ2) is 3.86. The summed E-state index contributed by atoms with van der Waals surface area (Å²) in [6, 6.07) is 3.81. The van der Waals surface area contributed by atoms with Crippen LogP contribution < -0.4 is 11.4 Å². The standard InChI is InChI=1S/C9H7FN4OS/c10-5-1-2-7(6(3-5)8(11)16)14-4-12-13-9(14)15/h1-4H,(H2,11,16)(H,13,15). The smallest absolute Gasteiger partial charge is 0.347 e. The number of benzene rings is 1. The summed E-state index contributed by atoms with van der Waals surface area (Å²) in [5.41, 5.74) is 5.70. The summed E-state index contributed by atoms with van der Waals surface area (Å²) >= 11 is 4.79. The number of rotatable bonds is 2. The van der Waals surface area contributed by atoms with Crippen molar-refractivity contribution < 1.29 is 4.39 Å². The third kappa shape index (κ3) is 1.72. The number of aromatic amines is 1. The molecule has 0 spiro atoms. The van der Waals surface area contributed by atoms with E-state index in [0.29, 0.717) is 11.3 Å². The molecule has 1 aromatic carbocycles. The first-order valence-corrected chi connectivity index (χ1v) is 4.72. The van der Waals surface area contributed by atoms with Gasteiger partial charge in [0.25, 0.3) is 0 Å². The van der Waals surface area contributed by atoms with Crippen LogP contribution in [-0.2, 0) is 0 Å². The zero-order valence-corrected chi connectivity index (χ0v) is 8.79. The molecule has 5 nitrogen and oxygen atoms in total. The molecule has 0 atom stereocenters. The Kier molecular flexibility index (Phi) is 2.53. The molecule has 7 heteroatoms. The van der Waals surface area contributed by atoms with Gasteiger partial charge in [-0.3, -0.25) is 0 Å². The largest absolute Gasteiger partial charge is 0.389 e. The highest BCUT2D eigenvalue weighted by molar-refractivity contribution is 7.80. The summed E-state index contributed by atoms with van der Waals surface area (Å²) in [6.45, 7) is 0. The van der Waals surface area contributed by atoms with Crippen molar-refractivity contribution in [3.05, 3.63) is 46.4 Å². The third-order valence-electron chi connectivity index (χ3n) is 2.04. The van der Waals surface area contributed by atoms with E-state index in [1.807, 2.05) is 0 Å². The van der Waals surface area contributed by atoms with Crippen molar-refractivity contribution in [1.82, 2.24) is 14.8 Å². The van der Waals surface area contributed by atoms with Gasteiger partial charge in [0, 0.05) is 5.56 Å². The molecule has 2 rings (SSSR count). The molecular weight excluding hydrogens is 231 g/mol. The minimum Gasteiger partial charge on any atom is -0.389 e. The number of aromatic nitrogens is 3. The number of hydrogen-bond donors (Lipinski definition) is 2. The monoisotopic (exact) mass is 238 g/mol. The van der Waals surface area contributed by atoms with Gasteiger partial charge in [-0.05, 0) is 18.2 Å². The van der Waals surface area contributed by atoms with E-state index in [2.05, 4.69) is 10.2 Å². The van der Waals surface area contributed by atoms with Gasteiger partial charge in [-0.1, -0.05) is 12.2 Å². The maximum absolute atomic E-state index is 13.0. The number of hydrogen-bond acceptors (Lipinski definition) is 3. The molecule has 3 N–H and O–H groups in total. The molecule has 1 heterocycles. The molecule has 0 unspecified atom stereocenters. The maximum atomic E-state index is 13.0. The Bertz CT molecular complexity index is 604. The summed E-state index contributed by atoms with van der Waals surface area (Å²) in [7, 11) is 0. The first-order valence-electron chi connectivity index (χ1n) is 4.31. The van der Waals surface area contributed by atoms with Crippen LogP contribution in [0.2, 0.25) is 0 Å². The zero-order chi connectivity index (χ0) is 11.7. The van der Waals surface area contributed by atoms with Crippen LogP contribution in [0.1, 0.15) is 5.56 Å². The summed E-state index contributed by atoms with van der Waals surface area (Å²) in [6.07, 6.45) is 1.28. The Balaban J connectivity index is 2.70. The molecule has 16 heavy (non-hydrogen) atoms. The van der Waals surface area contributed by atoms with Crippen molar-refractivity contribution in [1.29, 1.82) is 0 Å². The van der Waals surface area contributed by atoms with Gasteiger partial charge in [0.05, 0.1) is 5.69 Å². The molecule has 0 bridgehead atoms. The fraction of sp³-hybridized carbons (Fsp3) is 0. The predicted octanol–water partition coefficient (Wildman–Crippen LogP) is 0.334. The van der Waals surface area contributed by atoms with Crippen LogP contribution in [0, 0.1) is 5.82 Å². The highest BCUT2D eigenvalue weighted by Crippen LogP contribution is 2.14. The van der Waals surface area contributed by atoms with Crippen molar-refractivity contribution in [2.24, 2.45) is 5.73 Å². The lowest BCUT2D eigenvalue weighted by atomic mass is 10.1. The molecule has 0 radical (unpaired) electrons. The Morgan fingerprint density at radius 2 is 2.31 bits per heavy atom. The van der Waals surface area contributed by atoms with E-state index in [9.17, 15) is 9.18 Å². The van der Waals surface area contributed by atoms with Gasteiger partial charge in [0.1, 0.15) is 17.1 Å². The molecule has 0 aliphatic heterocycles. The second-order valence-corrected chi connectivity index (χ2v) is 3.50. The van der Waals surface area contributed by atoms with Gasteiger partial charge < -0.3 is 5.73 Å². The van der Waals surface area contributed by atoms with Gasteiger partial charge in [0.2, 0.25) is 0 Å². The summed E-state index contributed by atoms with van der Waals surface area (Å²) in [4.78, 5) is 11.4. The van der Waals surface area contributed by atoms with Gasteiger partial charge in [-0.2, -0.15) is 5.10 Å². The van der Waals surface area contributed by atoms with E-state index in [-0.39, 0.29) is 4.99 Å². The van der Waals surface area contributed by atoms with Crippen LogP contribution in [0.4, 0.5) is 4.39 Å². The molecule has 0 amide bonds. The van der Waals surface area contributed by atoms with Crippen molar-refractivity contribution >= 4 is 17.2 Å². The molecule has 2 aromatic rings. The first-order chi connectivity index (χ1) is 7.59. The summed E-state index contributed by atoms with van der Waals surface area (Å²) in [5.74, 6) is -0.469.